The molecule has 1 saturated carbocycles. The van der Waals surface area contributed by atoms with E-state index in [4.69, 9.17) is 21.7 Å². The Balaban J connectivity index is 1.22. The summed E-state index contributed by atoms with van der Waals surface area (Å²) in [6.45, 7) is 2.25. The van der Waals surface area contributed by atoms with Crippen LogP contribution in [0.5, 0.6) is 11.5 Å². The molecule has 212 valence electrons. The van der Waals surface area contributed by atoms with Gasteiger partial charge in [0, 0.05) is 36.3 Å². The van der Waals surface area contributed by atoms with Crippen molar-refractivity contribution in [3.05, 3.63) is 48.0 Å². The zero-order chi connectivity index (χ0) is 27.6. The second-order valence-corrected chi connectivity index (χ2v) is 13.4. The standard InChI is InChI=1S/C29H40N4O4S2/c1-32-18-15-29(21-7-12-25(36-2)26(19-21)37-3)14-13-23(20-27(29)32)31-28(38)30-22-8-10-24(11-9-22)39(34,35)33-16-5-4-6-17-33/h7-12,19,23,27H,4-6,13-18,20H2,1-3H3,(H2,30,31,38)/t23-,27+,29-/m0/s1. The van der Waals surface area contributed by atoms with Gasteiger partial charge in [-0.05, 0) is 106 Å². The van der Waals surface area contributed by atoms with E-state index in [0.717, 1.165) is 68.7 Å². The summed E-state index contributed by atoms with van der Waals surface area (Å²) in [5, 5.41) is 7.35. The summed E-state index contributed by atoms with van der Waals surface area (Å²) in [5.41, 5.74) is 2.17. The van der Waals surface area contributed by atoms with E-state index in [9.17, 15) is 8.42 Å². The molecular weight excluding hydrogens is 532 g/mol. The molecule has 0 aromatic heterocycles. The zero-order valence-corrected chi connectivity index (χ0v) is 24.7. The van der Waals surface area contributed by atoms with Crippen molar-refractivity contribution in [2.45, 2.75) is 67.3 Å². The second-order valence-electron chi connectivity index (χ2n) is 11.0. The van der Waals surface area contributed by atoms with Crippen molar-refractivity contribution in [2.75, 3.05) is 46.2 Å². The molecule has 2 aromatic rings. The van der Waals surface area contributed by atoms with Crippen LogP contribution in [0, 0.1) is 0 Å². The molecule has 10 heteroatoms. The van der Waals surface area contributed by atoms with Gasteiger partial charge in [-0.1, -0.05) is 12.5 Å². The fraction of sp³-hybridized carbons (Fsp3) is 0.552. The average molecular weight is 573 g/mol. The van der Waals surface area contributed by atoms with Gasteiger partial charge in [-0.25, -0.2) is 8.42 Å². The van der Waals surface area contributed by atoms with Crippen molar-refractivity contribution in [1.82, 2.24) is 14.5 Å². The molecule has 39 heavy (non-hydrogen) atoms. The van der Waals surface area contributed by atoms with Crippen LogP contribution in [0.2, 0.25) is 0 Å². The summed E-state index contributed by atoms with van der Waals surface area (Å²) >= 11 is 5.66. The Morgan fingerprint density at radius 2 is 1.69 bits per heavy atom. The van der Waals surface area contributed by atoms with Crippen LogP contribution in [0.25, 0.3) is 0 Å². The number of likely N-dealkylation sites (N-methyl/N-ethyl adjacent to an activating group) is 1. The summed E-state index contributed by atoms with van der Waals surface area (Å²) in [6, 6.07) is 13.9. The van der Waals surface area contributed by atoms with E-state index in [0.29, 0.717) is 29.1 Å². The summed E-state index contributed by atoms with van der Waals surface area (Å²) in [7, 11) is 2.13. The Morgan fingerprint density at radius 1 is 0.974 bits per heavy atom. The molecule has 3 aliphatic rings. The smallest absolute Gasteiger partial charge is 0.243 e. The maximum Gasteiger partial charge on any atom is 0.243 e. The first-order valence-corrected chi connectivity index (χ1v) is 15.7. The van der Waals surface area contributed by atoms with Gasteiger partial charge in [0.2, 0.25) is 10.0 Å². The highest BCUT2D eigenvalue weighted by Gasteiger charge is 2.50. The van der Waals surface area contributed by atoms with Crippen LogP contribution >= 0.6 is 12.2 Å². The Labute approximate surface area is 238 Å². The molecule has 0 bridgehead atoms. The van der Waals surface area contributed by atoms with E-state index in [1.807, 2.05) is 6.07 Å². The summed E-state index contributed by atoms with van der Waals surface area (Å²) in [4.78, 5) is 2.81. The van der Waals surface area contributed by atoms with Crippen molar-refractivity contribution in [1.29, 1.82) is 0 Å². The molecule has 5 rings (SSSR count). The topological polar surface area (TPSA) is 83.1 Å². The first-order valence-electron chi connectivity index (χ1n) is 13.9. The highest BCUT2D eigenvalue weighted by Crippen LogP contribution is 2.49. The average Bonchev–Trinajstić information content (AvgIpc) is 3.30. The van der Waals surface area contributed by atoms with Crippen molar-refractivity contribution in [2.24, 2.45) is 0 Å². The van der Waals surface area contributed by atoms with E-state index in [2.05, 4.69) is 34.7 Å². The number of hydrogen-bond donors (Lipinski definition) is 2. The summed E-state index contributed by atoms with van der Waals surface area (Å²) in [5.74, 6) is 1.53. The zero-order valence-electron chi connectivity index (χ0n) is 23.1. The molecule has 1 aliphatic carbocycles. The minimum atomic E-state index is -3.44. The van der Waals surface area contributed by atoms with Gasteiger partial charge < -0.3 is 25.0 Å². The van der Waals surface area contributed by atoms with Gasteiger partial charge in [-0.15, -0.1) is 0 Å². The quantitative estimate of drug-likeness (QED) is 0.474. The van der Waals surface area contributed by atoms with E-state index >= 15 is 0 Å². The third-order valence-corrected chi connectivity index (χ3v) is 11.0. The van der Waals surface area contributed by atoms with Crippen molar-refractivity contribution >= 4 is 33.0 Å². The van der Waals surface area contributed by atoms with Crippen molar-refractivity contribution < 1.29 is 17.9 Å². The van der Waals surface area contributed by atoms with Gasteiger partial charge in [0.15, 0.2) is 16.6 Å². The summed E-state index contributed by atoms with van der Waals surface area (Å²) < 4.78 is 38.6. The lowest BCUT2D eigenvalue weighted by molar-refractivity contribution is 0.161. The Bertz CT molecular complexity index is 1280. The van der Waals surface area contributed by atoms with Crippen LogP contribution < -0.4 is 20.1 Å². The van der Waals surface area contributed by atoms with Crippen LogP contribution in [-0.4, -0.2) is 75.7 Å². The number of nitrogens with zero attached hydrogens (tertiary/aromatic N) is 2. The predicted molar refractivity (Wildman–Crippen MR) is 158 cm³/mol. The van der Waals surface area contributed by atoms with Gasteiger partial charge in [0.05, 0.1) is 19.1 Å². The van der Waals surface area contributed by atoms with Crippen LogP contribution in [0.1, 0.15) is 50.5 Å². The number of nitrogens with one attached hydrogen (secondary N) is 2. The third-order valence-electron chi connectivity index (χ3n) is 8.89. The molecule has 2 N–H and O–H groups in total. The Hall–Kier alpha value is -2.40. The number of piperidine rings is 1. The molecule has 2 aromatic carbocycles. The van der Waals surface area contributed by atoms with Crippen LogP contribution in [-0.2, 0) is 15.4 Å². The lowest BCUT2D eigenvalue weighted by Gasteiger charge is -2.45. The van der Waals surface area contributed by atoms with Crippen molar-refractivity contribution in [3.63, 3.8) is 0 Å². The predicted octanol–water partition coefficient (Wildman–Crippen LogP) is 4.36. The lowest BCUT2D eigenvalue weighted by atomic mass is 9.65. The maximum absolute atomic E-state index is 12.9. The molecular formula is C29H40N4O4S2. The minimum Gasteiger partial charge on any atom is -0.493 e. The van der Waals surface area contributed by atoms with Gasteiger partial charge in [-0.2, -0.15) is 4.31 Å². The van der Waals surface area contributed by atoms with Crippen LogP contribution in [0.3, 0.4) is 0 Å². The molecule has 0 amide bonds. The highest BCUT2D eigenvalue weighted by molar-refractivity contribution is 7.89. The van der Waals surface area contributed by atoms with Gasteiger partial charge in [0.1, 0.15) is 0 Å². The Morgan fingerprint density at radius 3 is 2.38 bits per heavy atom. The fourth-order valence-electron chi connectivity index (χ4n) is 6.71. The molecule has 2 aliphatic heterocycles. The number of fused-ring (bicyclic) bond motifs is 1. The molecule has 3 fully saturated rings. The number of anilines is 1. The number of methoxy groups -OCH3 is 2. The second kappa shape index (κ2) is 11.6. The molecule has 3 atom stereocenters. The summed E-state index contributed by atoms with van der Waals surface area (Å²) in [6.07, 6.45) is 7.10. The molecule has 0 radical (unpaired) electrons. The maximum atomic E-state index is 12.9. The number of thiocarbonyl (C=S) groups is 1. The number of hydrogen-bond acceptors (Lipinski definition) is 6. The van der Waals surface area contributed by atoms with Crippen LogP contribution in [0.4, 0.5) is 5.69 Å². The molecule has 0 spiro atoms. The molecule has 2 heterocycles. The van der Waals surface area contributed by atoms with Gasteiger partial charge >= 0.3 is 0 Å². The van der Waals surface area contributed by atoms with Gasteiger partial charge in [0.25, 0.3) is 0 Å². The lowest BCUT2D eigenvalue weighted by Crippen LogP contribution is -2.52. The molecule has 2 saturated heterocycles. The van der Waals surface area contributed by atoms with E-state index in [1.165, 1.54) is 5.56 Å². The number of likely N-dealkylation sites (tertiary alicyclic amines) is 1. The van der Waals surface area contributed by atoms with Crippen LogP contribution in [0.15, 0.2) is 47.4 Å². The number of ether oxygens (including phenoxy) is 2. The SMILES string of the molecule is COc1ccc([C@@]23CC[C@H](NC(=S)Nc4ccc(S(=O)(=O)N5CCCCC5)cc4)C[C@H]2N(C)CC3)cc1OC. The number of rotatable bonds is 7. The molecule has 8 nitrogen and oxygen atoms in total. The third kappa shape index (κ3) is 5.62. The first kappa shape index (κ1) is 28.1. The largest absolute Gasteiger partial charge is 0.493 e. The van der Waals surface area contributed by atoms with E-state index in [1.54, 1.807) is 42.8 Å². The highest BCUT2D eigenvalue weighted by atomic mass is 32.2. The monoisotopic (exact) mass is 572 g/mol. The van der Waals surface area contributed by atoms with Gasteiger partial charge in [-0.3, -0.25) is 0 Å². The fourth-order valence-corrected chi connectivity index (χ4v) is 8.51. The first-order chi connectivity index (χ1) is 18.8. The molecule has 0 unspecified atom stereocenters. The van der Waals surface area contributed by atoms with E-state index < -0.39 is 10.0 Å². The number of sulfonamides is 1. The Kier molecular flexibility index (Phi) is 8.37. The number of benzene rings is 2. The van der Waals surface area contributed by atoms with E-state index in [-0.39, 0.29) is 11.5 Å². The van der Waals surface area contributed by atoms with Crippen molar-refractivity contribution in [3.8, 4) is 11.5 Å². The minimum absolute atomic E-state index is 0.0806. The normalized spacial score (nSPS) is 26.0.